The number of aldehydes is 1. The van der Waals surface area contributed by atoms with Gasteiger partial charge < -0.3 is 24.3 Å². The lowest BCUT2D eigenvalue weighted by molar-refractivity contribution is -0.111. The summed E-state index contributed by atoms with van der Waals surface area (Å²) < 4.78 is 12.0. The Morgan fingerprint density at radius 2 is 1.76 bits per heavy atom. The summed E-state index contributed by atoms with van der Waals surface area (Å²) >= 11 is 0. The molecule has 5 nitrogen and oxygen atoms in total. The van der Waals surface area contributed by atoms with Crippen LogP contribution < -0.4 is 14.4 Å². The highest BCUT2D eigenvalue weighted by molar-refractivity contribution is 5.60. The molecule has 0 radical (unpaired) electrons. The number of aromatic hydroxyl groups is 1. The van der Waals surface area contributed by atoms with Gasteiger partial charge in [0.25, 0.3) is 0 Å². The van der Waals surface area contributed by atoms with E-state index in [1.54, 1.807) is 19.2 Å². The molecule has 0 spiro atoms. The van der Waals surface area contributed by atoms with E-state index < -0.39 is 0 Å². The van der Waals surface area contributed by atoms with E-state index in [9.17, 15) is 9.90 Å². The predicted molar refractivity (Wildman–Crippen MR) is 129 cm³/mol. The number of phenolic OH excluding ortho intramolecular Hbond substituents is 1. The second-order valence-corrected chi connectivity index (χ2v) is 8.91. The van der Waals surface area contributed by atoms with Gasteiger partial charge >= 0.3 is 0 Å². The average Bonchev–Trinajstić information content (AvgIpc) is 2.88. The fraction of sp³-hybridized carbons (Fsp3) is 0.321. The Labute approximate surface area is 194 Å². The fourth-order valence-electron chi connectivity index (χ4n) is 5.22. The Kier molecular flexibility index (Phi) is 5.95. The predicted octanol–water partition coefficient (Wildman–Crippen LogP) is 5.12. The van der Waals surface area contributed by atoms with Gasteiger partial charge in [-0.25, -0.2) is 0 Å². The molecule has 0 aromatic heterocycles. The minimum atomic E-state index is 0.0292. The van der Waals surface area contributed by atoms with Crippen LogP contribution in [0.4, 0.5) is 5.69 Å². The molecule has 0 bridgehead atoms. The van der Waals surface area contributed by atoms with Crippen LogP contribution in [0.1, 0.15) is 41.4 Å². The van der Waals surface area contributed by atoms with E-state index in [-0.39, 0.29) is 23.5 Å². The summed E-state index contributed by atoms with van der Waals surface area (Å²) in [6, 6.07) is 22.3. The third-order valence-electron chi connectivity index (χ3n) is 7.03. The van der Waals surface area contributed by atoms with Crippen molar-refractivity contribution in [1.29, 1.82) is 0 Å². The molecule has 2 aliphatic rings. The lowest BCUT2D eigenvalue weighted by Crippen LogP contribution is -2.34. The molecule has 170 valence electrons. The zero-order valence-corrected chi connectivity index (χ0v) is 18.8. The van der Waals surface area contributed by atoms with Gasteiger partial charge in [-0.3, -0.25) is 0 Å². The second kappa shape index (κ2) is 9.18. The van der Waals surface area contributed by atoms with E-state index in [1.807, 2.05) is 12.1 Å². The number of methoxy groups -OCH3 is 1. The van der Waals surface area contributed by atoms with Crippen molar-refractivity contribution in [2.24, 2.45) is 5.92 Å². The average molecular weight is 444 g/mol. The molecule has 0 unspecified atom stereocenters. The van der Waals surface area contributed by atoms with Crippen LogP contribution in [0.15, 0.2) is 66.7 Å². The number of anilines is 1. The van der Waals surface area contributed by atoms with E-state index in [1.165, 1.54) is 5.56 Å². The van der Waals surface area contributed by atoms with Crippen molar-refractivity contribution < 1.29 is 19.4 Å². The first-order chi connectivity index (χ1) is 16.2. The minimum Gasteiger partial charge on any atom is -0.508 e. The molecule has 1 N–H and O–H groups in total. The van der Waals surface area contributed by atoms with Gasteiger partial charge in [0.2, 0.25) is 0 Å². The maximum atomic E-state index is 11.1. The van der Waals surface area contributed by atoms with E-state index in [0.29, 0.717) is 12.4 Å². The molecule has 0 amide bonds. The minimum absolute atomic E-state index is 0.0292. The number of hydrogen-bond acceptors (Lipinski definition) is 5. The maximum Gasteiger partial charge on any atom is 0.126 e. The fourth-order valence-corrected chi connectivity index (χ4v) is 5.22. The van der Waals surface area contributed by atoms with Crippen molar-refractivity contribution in [2.45, 2.75) is 24.7 Å². The summed E-state index contributed by atoms with van der Waals surface area (Å²) in [5.74, 6) is 2.08. The van der Waals surface area contributed by atoms with Gasteiger partial charge in [0.15, 0.2) is 0 Å². The molecule has 1 saturated heterocycles. The van der Waals surface area contributed by atoms with Crippen LogP contribution in [0.5, 0.6) is 17.2 Å². The zero-order chi connectivity index (χ0) is 22.8. The molecule has 2 heterocycles. The van der Waals surface area contributed by atoms with E-state index >= 15 is 0 Å². The summed E-state index contributed by atoms with van der Waals surface area (Å²) in [7, 11) is 1.72. The number of piperidine rings is 1. The van der Waals surface area contributed by atoms with Crippen molar-refractivity contribution >= 4 is 12.0 Å². The normalized spacial score (nSPS) is 20.6. The highest BCUT2D eigenvalue weighted by Crippen LogP contribution is 2.49. The Morgan fingerprint density at radius 3 is 2.48 bits per heavy atom. The zero-order valence-electron chi connectivity index (χ0n) is 18.8. The molecular weight excluding hydrogens is 414 g/mol. The summed E-state index contributed by atoms with van der Waals surface area (Å²) in [5, 5.41) is 10.0. The molecular formula is C28H29NO4. The first-order valence-corrected chi connectivity index (χ1v) is 11.6. The lowest BCUT2D eigenvalue weighted by Gasteiger charge is -2.36. The van der Waals surface area contributed by atoms with Crippen LogP contribution >= 0.6 is 0 Å². The van der Waals surface area contributed by atoms with Gasteiger partial charge in [-0.05, 0) is 30.5 Å². The Balaban J connectivity index is 1.55. The topological polar surface area (TPSA) is 59.0 Å². The number of carbonyl (C=O) groups is 1. The number of carbonyl (C=O) groups excluding carboxylic acids is 1. The SMILES string of the molecule is COc1cc(N2CCC(C=O)CC2)ccc1[C@@H]1c2ccc(O)cc2OC[C@@H]1c1ccccc1. The molecule has 2 aliphatic heterocycles. The number of rotatable bonds is 5. The Hall–Kier alpha value is -3.47. The number of hydrogen-bond donors (Lipinski definition) is 1. The Bertz CT molecular complexity index is 1120. The third-order valence-corrected chi connectivity index (χ3v) is 7.03. The summed E-state index contributed by atoms with van der Waals surface area (Å²) in [6.07, 6.45) is 2.87. The van der Waals surface area contributed by atoms with Crippen molar-refractivity contribution in [3.8, 4) is 17.2 Å². The van der Waals surface area contributed by atoms with Crippen LogP contribution in [0.2, 0.25) is 0 Å². The van der Waals surface area contributed by atoms with Crippen LogP contribution in [0.25, 0.3) is 0 Å². The summed E-state index contributed by atoms with van der Waals surface area (Å²) in [5.41, 5.74) is 4.48. The quantitative estimate of drug-likeness (QED) is 0.555. The monoisotopic (exact) mass is 443 g/mol. The molecule has 0 aliphatic carbocycles. The molecule has 0 saturated carbocycles. The second-order valence-electron chi connectivity index (χ2n) is 8.91. The Morgan fingerprint density at radius 1 is 1.00 bits per heavy atom. The summed E-state index contributed by atoms with van der Waals surface area (Å²) in [6.45, 7) is 2.27. The van der Waals surface area contributed by atoms with Gasteiger partial charge in [-0.1, -0.05) is 42.5 Å². The van der Waals surface area contributed by atoms with Gasteiger partial charge in [-0.2, -0.15) is 0 Å². The van der Waals surface area contributed by atoms with Gasteiger partial charge in [-0.15, -0.1) is 0 Å². The van der Waals surface area contributed by atoms with Crippen LogP contribution in [-0.4, -0.2) is 38.2 Å². The highest BCUT2D eigenvalue weighted by atomic mass is 16.5. The van der Waals surface area contributed by atoms with E-state index in [4.69, 9.17) is 9.47 Å². The van der Waals surface area contributed by atoms with Crippen LogP contribution in [0.3, 0.4) is 0 Å². The van der Waals surface area contributed by atoms with Gasteiger partial charge in [0.05, 0.1) is 13.7 Å². The number of phenols is 1. The molecule has 3 aromatic carbocycles. The molecule has 33 heavy (non-hydrogen) atoms. The van der Waals surface area contributed by atoms with E-state index in [0.717, 1.165) is 54.8 Å². The lowest BCUT2D eigenvalue weighted by atomic mass is 9.75. The van der Waals surface area contributed by atoms with Gasteiger partial charge in [0, 0.05) is 59.8 Å². The first kappa shape index (κ1) is 21.4. The molecule has 3 aromatic rings. The van der Waals surface area contributed by atoms with Crippen molar-refractivity contribution in [1.82, 2.24) is 0 Å². The number of ether oxygens (including phenoxy) is 2. The van der Waals surface area contributed by atoms with Crippen LogP contribution in [-0.2, 0) is 4.79 Å². The van der Waals surface area contributed by atoms with Crippen molar-refractivity contribution in [2.75, 3.05) is 31.7 Å². The molecule has 1 fully saturated rings. The van der Waals surface area contributed by atoms with Crippen molar-refractivity contribution in [3.05, 3.63) is 83.4 Å². The number of benzene rings is 3. The van der Waals surface area contributed by atoms with Crippen molar-refractivity contribution in [3.63, 3.8) is 0 Å². The molecule has 2 atom stereocenters. The smallest absolute Gasteiger partial charge is 0.126 e. The number of fused-ring (bicyclic) bond motifs is 1. The molecule has 5 rings (SSSR count). The standard InChI is InChI=1S/C28H29NO4/c1-32-26-15-21(29-13-11-19(17-30)12-14-29)7-9-23(26)28-24-10-8-22(31)16-27(24)33-18-25(28)20-5-3-2-4-6-20/h2-10,15-17,19,25,28,31H,11-14,18H2,1H3/t25-,28-/m1/s1. The van der Waals surface area contributed by atoms with E-state index in [2.05, 4.69) is 47.4 Å². The highest BCUT2D eigenvalue weighted by Gasteiger charge is 2.35. The third kappa shape index (κ3) is 4.15. The summed E-state index contributed by atoms with van der Waals surface area (Å²) in [4.78, 5) is 13.5. The maximum absolute atomic E-state index is 11.1. The first-order valence-electron chi connectivity index (χ1n) is 11.6. The van der Waals surface area contributed by atoms with Gasteiger partial charge in [0.1, 0.15) is 23.5 Å². The van der Waals surface area contributed by atoms with Crippen LogP contribution in [0, 0.1) is 5.92 Å². The largest absolute Gasteiger partial charge is 0.508 e. The molecule has 5 heteroatoms. The number of nitrogens with zero attached hydrogens (tertiary/aromatic N) is 1.